The predicted octanol–water partition coefficient (Wildman–Crippen LogP) is 1.98. The summed E-state index contributed by atoms with van der Waals surface area (Å²) in [5, 5.41) is 11.2. The van der Waals surface area contributed by atoms with Crippen LogP contribution < -0.4 is 9.47 Å². The summed E-state index contributed by atoms with van der Waals surface area (Å²) >= 11 is 0. The number of β-amino-alcohol motifs (C(OH)–C–C–N with tert-alkyl or cyclic N) is 1. The monoisotopic (exact) mass is 329 g/mol. The number of piperidine rings is 1. The van der Waals surface area contributed by atoms with Gasteiger partial charge in [-0.25, -0.2) is 4.98 Å². The van der Waals surface area contributed by atoms with Gasteiger partial charge in [0.2, 0.25) is 11.8 Å². The topological polar surface area (TPSA) is 67.7 Å². The number of aliphatic hydroxyl groups is 1. The molecule has 2 aromatic rings. The summed E-state index contributed by atoms with van der Waals surface area (Å²) in [6.07, 6.45) is 3.04. The van der Waals surface area contributed by atoms with Gasteiger partial charge in [-0.2, -0.15) is 4.98 Å². The zero-order chi connectivity index (χ0) is 17.0. The lowest BCUT2D eigenvalue weighted by Crippen LogP contribution is -2.46. The third-order valence-electron chi connectivity index (χ3n) is 4.36. The predicted molar refractivity (Wildman–Crippen MR) is 90.0 cm³/mol. The van der Waals surface area contributed by atoms with Crippen LogP contribution in [0.2, 0.25) is 0 Å². The minimum absolute atomic E-state index is 0.318. The zero-order valence-electron chi connectivity index (χ0n) is 14.1. The molecule has 0 bridgehead atoms. The third kappa shape index (κ3) is 3.49. The summed E-state index contributed by atoms with van der Waals surface area (Å²) in [7, 11) is 3.06. The van der Waals surface area contributed by atoms with E-state index in [1.165, 1.54) is 26.0 Å². The molecule has 6 heteroatoms. The van der Waals surface area contributed by atoms with Crippen LogP contribution >= 0.6 is 0 Å². The Morgan fingerprint density at radius 2 is 2.00 bits per heavy atom. The Bertz CT molecular complexity index is 680. The van der Waals surface area contributed by atoms with Gasteiger partial charge in [0.05, 0.1) is 20.4 Å². The summed E-state index contributed by atoms with van der Waals surface area (Å²) in [5.74, 6) is 0.689. The number of hydrogen-bond donors (Lipinski definition) is 1. The van der Waals surface area contributed by atoms with Gasteiger partial charge in [0.25, 0.3) is 0 Å². The van der Waals surface area contributed by atoms with Crippen LogP contribution in [0.5, 0.6) is 11.8 Å². The molecule has 0 saturated carbocycles. The van der Waals surface area contributed by atoms with Crippen molar-refractivity contribution in [3.63, 3.8) is 0 Å². The fourth-order valence-electron chi connectivity index (χ4n) is 3.21. The van der Waals surface area contributed by atoms with Crippen molar-refractivity contribution in [3.8, 4) is 11.8 Å². The van der Waals surface area contributed by atoms with Crippen molar-refractivity contribution in [1.29, 1.82) is 0 Å². The molecule has 128 valence electrons. The molecule has 0 radical (unpaired) electrons. The van der Waals surface area contributed by atoms with Crippen LogP contribution in [0.3, 0.4) is 0 Å². The molecule has 1 aromatic carbocycles. The van der Waals surface area contributed by atoms with Crippen molar-refractivity contribution in [3.05, 3.63) is 47.8 Å². The largest absolute Gasteiger partial charge is 0.480 e. The lowest BCUT2D eigenvalue weighted by Gasteiger charge is -2.39. The molecule has 1 fully saturated rings. The van der Waals surface area contributed by atoms with E-state index in [1.807, 2.05) is 18.2 Å². The number of aromatic nitrogens is 2. The SMILES string of the molecule is COc1cnc(C2(O)CCCN(Cc3ccccc3)C2)c(OC)n1. The second-order valence-corrected chi connectivity index (χ2v) is 6.10. The first kappa shape index (κ1) is 16.7. The highest BCUT2D eigenvalue weighted by Crippen LogP contribution is 2.35. The van der Waals surface area contributed by atoms with Crippen molar-refractivity contribution in [2.45, 2.75) is 25.0 Å². The molecular formula is C18H23N3O3. The Labute approximate surface area is 142 Å². The Morgan fingerprint density at radius 3 is 2.71 bits per heavy atom. The average molecular weight is 329 g/mol. The van der Waals surface area contributed by atoms with Crippen LogP contribution in [0.4, 0.5) is 0 Å². The van der Waals surface area contributed by atoms with Gasteiger partial charge in [0, 0.05) is 13.1 Å². The van der Waals surface area contributed by atoms with E-state index >= 15 is 0 Å². The van der Waals surface area contributed by atoms with Gasteiger partial charge >= 0.3 is 0 Å². The Kier molecular flexibility index (Phi) is 4.97. The van der Waals surface area contributed by atoms with Crippen molar-refractivity contribution in [1.82, 2.24) is 14.9 Å². The highest BCUT2D eigenvalue weighted by molar-refractivity contribution is 5.29. The molecule has 6 nitrogen and oxygen atoms in total. The number of likely N-dealkylation sites (tertiary alicyclic amines) is 1. The Morgan fingerprint density at radius 1 is 1.21 bits per heavy atom. The van der Waals surface area contributed by atoms with Crippen molar-refractivity contribution in [2.75, 3.05) is 27.3 Å². The number of hydrogen-bond acceptors (Lipinski definition) is 6. The van der Waals surface area contributed by atoms with E-state index in [0.29, 0.717) is 30.4 Å². The van der Waals surface area contributed by atoms with Crippen LogP contribution in [0.25, 0.3) is 0 Å². The molecule has 1 aliphatic heterocycles. The average Bonchev–Trinajstić information content (AvgIpc) is 2.62. The zero-order valence-corrected chi connectivity index (χ0v) is 14.1. The standard InChI is InChI=1S/C18H23N3O3/c1-23-15-11-19-16(17(20-15)24-2)18(22)9-6-10-21(13-18)12-14-7-4-3-5-8-14/h3-5,7-8,11,22H,6,9-10,12-13H2,1-2H3. The molecule has 3 rings (SSSR count). The van der Waals surface area contributed by atoms with E-state index < -0.39 is 5.60 Å². The molecule has 1 aromatic heterocycles. The molecule has 0 spiro atoms. The molecule has 1 aliphatic rings. The number of nitrogens with zero attached hydrogens (tertiary/aromatic N) is 3. The van der Waals surface area contributed by atoms with Crippen LogP contribution in [-0.2, 0) is 12.1 Å². The molecule has 1 atom stereocenters. The highest BCUT2D eigenvalue weighted by atomic mass is 16.5. The van der Waals surface area contributed by atoms with Crippen LogP contribution in [0, 0.1) is 0 Å². The third-order valence-corrected chi connectivity index (χ3v) is 4.36. The molecule has 2 heterocycles. The van der Waals surface area contributed by atoms with E-state index in [0.717, 1.165) is 19.5 Å². The molecular weight excluding hydrogens is 306 g/mol. The highest BCUT2D eigenvalue weighted by Gasteiger charge is 2.39. The van der Waals surface area contributed by atoms with Gasteiger partial charge in [-0.15, -0.1) is 0 Å². The summed E-state index contributed by atoms with van der Waals surface area (Å²) < 4.78 is 10.4. The van der Waals surface area contributed by atoms with E-state index in [-0.39, 0.29) is 0 Å². The second kappa shape index (κ2) is 7.15. The van der Waals surface area contributed by atoms with E-state index in [9.17, 15) is 5.11 Å². The first-order chi connectivity index (χ1) is 11.6. The summed E-state index contributed by atoms with van der Waals surface area (Å²) in [6.45, 7) is 2.25. The maximum atomic E-state index is 11.2. The van der Waals surface area contributed by atoms with Crippen molar-refractivity contribution in [2.24, 2.45) is 0 Å². The molecule has 1 unspecified atom stereocenters. The maximum Gasteiger partial charge on any atom is 0.241 e. The molecule has 1 N–H and O–H groups in total. The van der Waals surface area contributed by atoms with Gasteiger partial charge in [-0.3, -0.25) is 4.90 Å². The van der Waals surface area contributed by atoms with E-state index in [4.69, 9.17) is 9.47 Å². The Balaban J connectivity index is 1.81. The number of methoxy groups -OCH3 is 2. The molecule has 0 aliphatic carbocycles. The van der Waals surface area contributed by atoms with Crippen LogP contribution in [-0.4, -0.2) is 47.3 Å². The van der Waals surface area contributed by atoms with Gasteiger partial charge in [0.15, 0.2) is 0 Å². The molecule has 0 amide bonds. The number of ether oxygens (including phenoxy) is 2. The first-order valence-electron chi connectivity index (χ1n) is 8.09. The number of rotatable bonds is 5. The number of benzene rings is 1. The minimum atomic E-state index is -1.07. The van der Waals surface area contributed by atoms with E-state index in [1.54, 1.807) is 0 Å². The van der Waals surface area contributed by atoms with Gasteiger partial charge in [0.1, 0.15) is 11.3 Å². The van der Waals surface area contributed by atoms with Crippen molar-refractivity contribution >= 4 is 0 Å². The Hall–Kier alpha value is -2.18. The summed E-state index contributed by atoms with van der Waals surface area (Å²) in [6, 6.07) is 10.3. The van der Waals surface area contributed by atoms with E-state index in [2.05, 4.69) is 27.0 Å². The summed E-state index contributed by atoms with van der Waals surface area (Å²) in [5.41, 5.74) is 0.635. The van der Waals surface area contributed by atoms with Gasteiger partial charge in [-0.1, -0.05) is 30.3 Å². The summed E-state index contributed by atoms with van der Waals surface area (Å²) in [4.78, 5) is 10.9. The lowest BCUT2D eigenvalue weighted by molar-refractivity contribution is -0.0433. The minimum Gasteiger partial charge on any atom is -0.480 e. The van der Waals surface area contributed by atoms with Gasteiger partial charge in [-0.05, 0) is 24.9 Å². The molecule has 1 saturated heterocycles. The molecule has 24 heavy (non-hydrogen) atoms. The smallest absolute Gasteiger partial charge is 0.241 e. The first-order valence-corrected chi connectivity index (χ1v) is 8.09. The normalized spacial score (nSPS) is 21.5. The quantitative estimate of drug-likeness (QED) is 0.905. The van der Waals surface area contributed by atoms with Crippen molar-refractivity contribution < 1.29 is 14.6 Å². The fourth-order valence-corrected chi connectivity index (χ4v) is 3.21. The second-order valence-electron chi connectivity index (χ2n) is 6.10. The maximum absolute atomic E-state index is 11.2. The van der Waals surface area contributed by atoms with Crippen LogP contribution in [0.1, 0.15) is 24.1 Å². The fraction of sp³-hybridized carbons (Fsp3) is 0.444. The van der Waals surface area contributed by atoms with Crippen LogP contribution in [0.15, 0.2) is 36.5 Å². The lowest BCUT2D eigenvalue weighted by atomic mass is 9.89. The van der Waals surface area contributed by atoms with Gasteiger partial charge < -0.3 is 14.6 Å².